The molecule has 0 aliphatic carbocycles. The van der Waals surface area contributed by atoms with Gasteiger partial charge in [0.25, 0.3) is 0 Å². The minimum atomic E-state index is -0.534. The molecule has 0 radical (unpaired) electrons. The maximum atomic E-state index is 10.4. The number of ether oxygens (including phenoxy) is 1. The van der Waals surface area contributed by atoms with Crippen LogP contribution in [0.25, 0.3) is 0 Å². The SMILES string of the molecule is C[C@@H](NCc1cccc(OCc2ccccc2)c1)[C@H](O)c1ccccc1. The zero-order valence-electron chi connectivity index (χ0n) is 15.0. The van der Waals surface area contributed by atoms with Crippen LogP contribution < -0.4 is 10.1 Å². The molecule has 3 heteroatoms. The molecule has 3 rings (SSSR count). The first-order valence-electron chi connectivity index (χ1n) is 8.94. The van der Waals surface area contributed by atoms with E-state index in [0.717, 1.165) is 22.4 Å². The van der Waals surface area contributed by atoms with Crippen molar-refractivity contribution in [3.05, 3.63) is 102 Å². The molecule has 0 spiro atoms. The monoisotopic (exact) mass is 347 g/mol. The molecule has 0 bridgehead atoms. The average molecular weight is 347 g/mol. The highest BCUT2D eigenvalue weighted by Gasteiger charge is 2.15. The molecule has 3 aromatic carbocycles. The summed E-state index contributed by atoms with van der Waals surface area (Å²) < 4.78 is 5.88. The molecule has 2 atom stereocenters. The fourth-order valence-corrected chi connectivity index (χ4v) is 2.82. The van der Waals surface area contributed by atoms with Crippen molar-refractivity contribution in [3.8, 4) is 5.75 Å². The lowest BCUT2D eigenvalue weighted by Crippen LogP contribution is -2.31. The van der Waals surface area contributed by atoms with Crippen molar-refractivity contribution >= 4 is 0 Å². The zero-order valence-corrected chi connectivity index (χ0v) is 15.0. The molecule has 26 heavy (non-hydrogen) atoms. The van der Waals surface area contributed by atoms with Crippen LogP contribution in [0.5, 0.6) is 5.75 Å². The summed E-state index contributed by atoms with van der Waals surface area (Å²) in [6, 6.07) is 27.9. The number of hydrogen-bond donors (Lipinski definition) is 2. The number of benzene rings is 3. The van der Waals surface area contributed by atoms with Crippen LogP contribution in [0.4, 0.5) is 0 Å². The van der Waals surface area contributed by atoms with Gasteiger partial charge < -0.3 is 15.2 Å². The van der Waals surface area contributed by atoms with E-state index in [2.05, 4.69) is 23.5 Å². The van der Waals surface area contributed by atoms with Crippen LogP contribution in [0.3, 0.4) is 0 Å². The van der Waals surface area contributed by atoms with E-state index in [4.69, 9.17) is 4.74 Å². The quantitative estimate of drug-likeness (QED) is 0.631. The Balaban J connectivity index is 1.53. The number of hydrogen-bond acceptors (Lipinski definition) is 3. The Morgan fingerprint density at radius 3 is 2.23 bits per heavy atom. The maximum Gasteiger partial charge on any atom is 0.120 e. The van der Waals surface area contributed by atoms with Gasteiger partial charge >= 0.3 is 0 Å². The Hall–Kier alpha value is -2.62. The van der Waals surface area contributed by atoms with Crippen LogP contribution in [-0.4, -0.2) is 11.1 Å². The lowest BCUT2D eigenvalue weighted by molar-refractivity contribution is 0.135. The van der Waals surface area contributed by atoms with Crippen LogP contribution in [0.15, 0.2) is 84.9 Å². The third-order valence-corrected chi connectivity index (χ3v) is 4.39. The van der Waals surface area contributed by atoms with Gasteiger partial charge in [0.15, 0.2) is 0 Å². The fourth-order valence-electron chi connectivity index (χ4n) is 2.82. The highest BCUT2D eigenvalue weighted by Crippen LogP contribution is 2.18. The lowest BCUT2D eigenvalue weighted by atomic mass is 10.0. The second-order valence-corrected chi connectivity index (χ2v) is 6.45. The molecule has 0 aliphatic rings. The van der Waals surface area contributed by atoms with Crippen molar-refractivity contribution in [1.82, 2.24) is 5.32 Å². The van der Waals surface area contributed by atoms with E-state index >= 15 is 0 Å². The molecule has 2 N–H and O–H groups in total. The summed E-state index contributed by atoms with van der Waals surface area (Å²) in [5, 5.41) is 13.8. The Morgan fingerprint density at radius 1 is 0.846 bits per heavy atom. The van der Waals surface area contributed by atoms with Crippen LogP contribution in [0.2, 0.25) is 0 Å². The Labute approximate surface area is 155 Å². The lowest BCUT2D eigenvalue weighted by Gasteiger charge is -2.21. The zero-order chi connectivity index (χ0) is 18.2. The van der Waals surface area contributed by atoms with Crippen LogP contribution in [0, 0.1) is 0 Å². The number of nitrogens with one attached hydrogen (secondary N) is 1. The van der Waals surface area contributed by atoms with Gasteiger partial charge in [0.05, 0.1) is 6.10 Å². The van der Waals surface area contributed by atoms with Crippen LogP contribution in [-0.2, 0) is 13.2 Å². The van der Waals surface area contributed by atoms with Gasteiger partial charge in [-0.25, -0.2) is 0 Å². The van der Waals surface area contributed by atoms with E-state index in [0.29, 0.717) is 13.2 Å². The van der Waals surface area contributed by atoms with Crippen molar-refractivity contribution in [3.63, 3.8) is 0 Å². The first-order valence-corrected chi connectivity index (χ1v) is 8.94. The maximum absolute atomic E-state index is 10.4. The Kier molecular flexibility index (Phi) is 6.42. The Bertz CT molecular complexity index is 790. The summed E-state index contributed by atoms with van der Waals surface area (Å²) in [5.41, 5.74) is 3.20. The molecule has 134 valence electrons. The van der Waals surface area contributed by atoms with Gasteiger partial charge in [0.2, 0.25) is 0 Å². The summed E-state index contributed by atoms with van der Waals surface area (Å²) in [4.78, 5) is 0. The summed E-state index contributed by atoms with van der Waals surface area (Å²) >= 11 is 0. The molecule has 0 saturated heterocycles. The highest BCUT2D eigenvalue weighted by molar-refractivity contribution is 5.29. The minimum Gasteiger partial charge on any atom is -0.489 e. The minimum absolute atomic E-state index is 0.0497. The van der Waals surface area contributed by atoms with E-state index < -0.39 is 6.10 Å². The predicted molar refractivity (Wildman–Crippen MR) is 105 cm³/mol. The number of rotatable bonds is 8. The van der Waals surface area contributed by atoms with Gasteiger partial charge in [-0.15, -0.1) is 0 Å². The summed E-state index contributed by atoms with van der Waals surface area (Å²) in [6.07, 6.45) is -0.534. The van der Waals surface area contributed by atoms with E-state index in [-0.39, 0.29) is 6.04 Å². The van der Waals surface area contributed by atoms with Gasteiger partial charge in [-0.2, -0.15) is 0 Å². The molecular weight excluding hydrogens is 322 g/mol. The summed E-state index contributed by atoms with van der Waals surface area (Å²) in [7, 11) is 0. The second kappa shape index (κ2) is 9.18. The smallest absolute Gasteiger partial charge is 0.120 e. The standard InChI is InChI=1S/C23H25NO2/c1-18(23(25)21-12-6-3-7-13-21)24-16-20-11-8-14-22(15-20)26-17-19-9-4-2-5-10-19/h2-15,18,23-25H,16-17H2,1H3/t18-,23+/m1/s1. The van der Waals surface area contributed by atoms with Crippen molar-refractivity contribution in [2.45, 2.75) is 32.2 Å². The number of aliphatic hydroxyl groups excluding tert-OH is 1. The van der Waals surface area contributed by atoms with Gasteiger partial charge in [-0.3, -0.25) is 0 Å². The van der Waals surface area contributed by atoms with Crippen LogP contribution >= 0.6 is 0 Å². The fraction of sp³-hybridized carbons (Fsp3) is 0.217. The van der Waals surface area contributed by atoms with Gasteiger partial charge in [0.1, 0.15) is 12.4 Å². The van der Waals surface area contributed by atoms with Gasteiger partial charge in [-0.1, -0.05) is 72.8 Å². The first kappa shape index (κ1) is 18.2. The van der Waals surface area contributed by atoms with Crippen molar-refractivity contribution in [2.24, 2.45) is 0 Å². The molecule has 0 aliphatic heterocycles. The van der Waals surface area contributed by atoms with Crippen molar-refractivity contribution in [2.75, 3.05) is 0 Å². The van der Waals surface area contributed by atoms with Gasteiger partial charge in [0, 0.05) is 12.6 Å². The molecule has 0 fully saturated rings. The van der Waals surface area contributed by atoms with E-state index in [9.17, 15) is 5.11 Å². The van der Waals surface area contributed by atoms with Crippen LogP contribution in [0.1, 0.15) is 29.7 Å². The molecule has 0 heterocycles. The topological polar surface area (TPSA) is 41.5 Å². The summed E-state index contributed by atoms with van der Waals surface area (Å²) in [5.74, 6) is 0.851. The summed E-state index contributed by atoms with van der Waals surface area (Å²) in [6.45, 7) is 3.22. The molecule has 3 aromatic rings. The highest BCUT2D eigenvalue weighted by atomic mass is 16.5. The second-order valence-electron chi connectivity index (χ2n) is 6.45. The van der Waals surface area contributed by atoms with Crippen molar-refractivity contribution < 1.29 is 9.84 Å². The van der Waals surface area contributed by atoms with E-state index in [1.54, 1.807) is 0 Å². The molecule has 0 aromatic heterocycles. The molecule has 0 saturated carbocycles. The largest absolute Gasteiger partial charge is 0.489 e. The number of aliphatic hydroxyl groups is 1. The first-order chi connectivity index (χ1) is 12.7. The van der Waals surface area contributed by atoms with Crippen molar-refractivity contribution in [1.29, 1.82) is 0 Å². The molecule has 0 unspecified atom stereocenters. The Morgan fingerprint density at radius 2 is 1.50 bits per heavy atom. The van der Waals surface area contributed by atoms with E-state index in [1.807, 2.05) is 73.7 Å². The average Bonchev–Trinajstić information content (AvgIpc) is 2.71. The normalized spacial score (nSPS) is 13.2. The molecule has 3 nitrogen and oxygen atoms in total. The molecular formula is C23H25NO2. The van der Waals surface area contributed by atoms with E-state index in [1.165, 1.54) is 0 Å². The van der Waals surface area contributed by atoms with Gasteiger partial charge in [-0.05, 0) is 35.7 Å². The third-order valence-electron chi connectivity index (χ3n) is 4.39. The molecule has 0 amide bonds. The third kappa shape index (κ3) is 5.19. The predicted octanol–water partition coefficient (Wildman–Crippen LogP) is 4.48.